The Morgan fingerprint density at radius 3 is 2.12 bits per heavy atom. The molecule has 1 heterocycles. The molecule has 34 heavy (non-hydrogen) atoms. The number of hydrogen-bond acceptors (Lipinski definition) is 4. The minimum atomic E-state index is -0.404. The summed E-state index contributed by atoms with van der Waals surface area (Å²) in [4.78, 5) is 28.9. The average molecular weight is 455 g/mol. The number of carbonyl (C=O) groups is 2. The Morgan fingerprint density at radius 1 is 0.794 bits per heavy atom. The molecule has 0 bridgehead atoms. The summed E-state index contributed by atoms with van der Waals surface area (Å²) in [6.07, 6.45) is -0.103. The van der Waals surface area contributed by atoms with E-state index in [1.165, 1.54) is 4.90 Å². The lowest BCUT2D eigenvalue weighted by molar-refractivity contribution is -0.120. The smallest absolute Gasteiger partial charge is 0.282 e. The molecule has 0 unspecified atom stereocenters. The maximum atomic E-state index is 13.9. The molecular formula is C29H30N2O3. The first-order chi connectivity index (χ1) is 16.2. The number of amides is 2. The zero-order valence-corrected chi connectivity index (χ0v) is 20.5. The molecule has 1 aliphatic heterocycles. The minimum absolute atomic E-state index is 0.103. The van der Waals surface area contributed by atoms with E-state index in [-0.39, 0.29) is 17.7 Å². The predicted octanol–water partition coefficient (Wildman–Crippen LogP) is 6.10. The monoisotopic (exact) mass is 454 g/mol. The molecule has 4 rings (SSSR count). The van der Waals surface area contributed by atoms with Crippen LogP contribution in [0.5, 0.6) is 5.75 Å². The molecule has 0 radical (unpaired) electrons. The van der Waals surface area contributed by atoms with Crippen molar-refractivity contribution in [3.05, 3.63) is 94.2 Å². The van der Waals surface area contributed by atoms with Gasteiger partial charge in [0.2, 0.25) is 0 Å². The standard InChI is InChI=1S/C29H30N2O3/c1-17(2)34-25-10-8-7-9-24(25)31-28(32)26(23-12-11-18(3)14-21(23)6)27(29(31)33)30-22-15-19(4)13-20(5)16-22/h7-17,30H,1-6H3. The van der Waals surface area contributed by atoms with Crippen LogP contribution in [0.4, 0.5) is 11.4 Å². The quantitative estimate of drug-likeness (QED) is 0.457. The van der Waals surface area contributed by atoms with E-state index in [1.807, 2.05) is 77.9 Å². The van der Waals surface area contributed by atoms with E-state index in [2.05, 4.69) is 11.4 Å². The van der Waals surface area contributed by atoms with E-state index in [1.54, 1.807) is 18.2 Å². The molecule has 0 saturated heterocycles. The highest BCUT2D eigenvalue weighted by molar-refractivity contribution is 6.46. The molecule has 2 amide bonds. The number of benzene rings is 3. The van der Waals surface area contributed by atoms with Crippen molar-refractivity contribution in [3.8, 4) is 5.75 Å². The van der Waals surface area contributed by atoms with Crippen molar-refractivity contribution in [1.82, 2.24) is 0 Å². The van der Waals surface area contributed by atoms with Crippen LogP contribution in [0.1, 0.15) is 41.7 Å². The second kappa shape index (κ2) is 9.18. The lowest BCUT2D eigenvalue weighted by atomic mass is 9.97. The molecule has 0 aromatic heterocycles. The van der Waals surface area contributed by atoms with Gasteiger partial charge in [-0.25, -0.2) is 4.90 Å². The van der Waals surface area contributed by atoms with Crippen LogP contribution in [0.2, 0.25) is 0 Å². The van der Waals surface area contributed by atoms with Gasteiger partial charge in [-0.3, -0.25) is 9.59 Å². The maximum Gasteiger partial charge on any atom is 0.282 e. The van der Waals surface area contributed by atoms with Crippen LogP contribution >= 0.6 is 0 Å². The molecule has 0 spiro atoms. The zero-order chi connectivity index (χ0) is 24.6. The Kier molecular flexibility index (Phi) is 6.29. The number of nitrogens with one attached hydrogen (secondary N) is 1. The summed E-state index contributed by atoms with van der Waals surface area (Å²) in [5.74, 6) is -0.283. The number of anilines is 2. The maximum absolute atomic E-state index is 13.9. The zero-order valence-electron chi connectivity index (χ0n) is 20.5. The molecule has 0 saturated carbocycles. The SMILES string of the molecule is Cc1cc(C)cc(NC2=C(c3ccc(C)cc3C)C(=O)N(c3ccccc3OC(C)C)C2=O)c1. The van der Waals surface area contributed by atoms with Gasteiger partial charge in [0, 0.05) is 5.69 Å². The number of rotatable bonds is 6. The number of aryl methyl sites for hydroxylation is 4. The van der Waals surface area contributed by atoms with Crippen molar-refractivity contribution in [2.24, 2.45) is 0 Å². The normalized spacial score (nSPS) is 13.8. The number of nitrogens with zero attached hydrogens (tertiary/aromatic N) is 1. The molecule has 0 aliphatic carbocycles. The Morgan fingerprint density at radius 2 is 1.47 bits per heavy atom. The highest BCUT2D eigenvalue weighted by atomic mass is 16.5. The van der Waals surface area contributed by atoms with Crippen LogP contribution in [0.25, 0.3) is 5.57 Å². The molecule has 5 heteroatoms. The minimum Gasteiger partial charge on any atom is -0.489 e. The number of ether oxygens (including phenoxy) is 1. The van der Waals surface area contributed by atoms with Crippen LogP contribution in [0.15, 0.2) is 66.4 Å². The van der Waals surface area contributed by atoms with Gasteiger partial charge < -0.3 is 10.1 Å². The molecule has 0 fully saturated rings. The Balaban J connectivity index is 1.87. The first kappa shape index (κ1) is 23.3. The Hall–Kier alpha value is -3.86. The second-order valence-electron chi connectivity index (χ2n) is 9.15. The van der Waals surface area contributed by atoms with Crippen LogP contribution in [0.3, 0.4) is 0 Å². The van der Waals surface area contributed by atoms with Gasteiger partial charge in [0.25, 0.3) is 11.8 Å². The van der Waals surface area contributed by atoms with Gasteiger partial charge >= 0.3 is 0 Å². The van der Waals surface area contributed by atoms with Crippen molar-refractivity contribution in [2.75, 3.05) is 10.2 Å². The number of carbonyl (C=O) groups excluding carboxylic acids is 2. The average Bonchev–Trinajstić information content (AvgIpc) is 2.97. The fourth-order valence-corrected chi connectivity index (χ4v) is 4.40. The molecule has 3 aromatic carbocycles. The number of para-hydroxylation sites is 2. The number of imide groups is 1. The molecule has 3 aromatic rings. The van der Waals surface area contributed by atoms with Gasteiger partial charge in [-0.2, -0.15) is 0 Å². The molecule has 1 N–H and O–H groups in total. The first-order valence-corrected chi connectivity index (χ1v) is 11.5. The summed E-state index contributed by atoms with van der Waals surface area (Å²) in [5.41, 5.74) is 6.73. The van der Waals surface area contributed by atoms with Crippen LogP contribution < -0.4 is 15.0 Å². The molecule has 1 aliphatic rings. The Labute approximate surface area is 201 Å². The lowest BCUT2D eigenvalue weighted by Crippen LogP contribution is -2.33. The second-order valence-corrected chi connectivity index (χ2v) is 9.15. The van der Waals surface area contributed by atoms with Gasteiger partial charge in [-0.1, -0.05) is 42.0 Å². The van der Waals surface area contributed by atoms with Gasteiger partial charge in [-0.15, -0.1) is 0 Å². The summed E-state index contributed by atoms with van der Waals surface area (Å²) in [7, 11) is 0. The largest absolute Gasteiger partial charge is 0.489 e. The van der Waals surface area contributed by atoms with Crippen molar-refractivity contribution < 1.29 is 14.3 Å². The molecule has 5 nitrogen and oxygen atoms in total. The fourth-order valence-electron chi connectivity index (χ4n) is 4.40. The fraction of sp³-hybridized carbons (Fsp3) is 0.241. The van der Waals surface area contributed by atoms with E-state index in [4.69, 9.17) is 4.74 Å². The third-order valence-corrected chi connectivity index (χ3v) is 5.70. The van der Waals surface area contributed by atoms with E-state index >= 15 is 0 Å². The summed E-state index contributed by atoms with van der Waals surface area (Å²) >= 11 is 0. The molecule has 0 atom stereocenters. The van der Waals surface area contributed by atoms with E-state index in [0.717, 1.165) is 33.5 Å². The predicted molar refractivity (Wildman–Crippen MR) is 137 cm³/mol. The van der Waals surface area contributed by atoms with Crippen LogP contribution in [0, 0.1) is 27.7 Å². The summed E-state index contributed by atoms with van der Waals surface area (Å²) in [6.45, 7) is 11.8. The number of hydrogen-bond donors (Lipinski definition) is 1. The van der Waals surface area contributed by atoms with Gasteiger partial charge in [0.05, 0.1) is 17.4 Å². The van der Waals surface area contributed by atoms with E-state index in [9.17, 15) is 9.59 Å². The van der Waals surface area contributed by atoms with Crippen LogP contribution in [-0.4, -0.2) is 17.9 Å². The van der Waals surface area contributed by atoms with Gasteiger partial charge in [0.15, 0.2) is 0 Å². The van der Waals surface area contributed by atoms with E-state index in [0.29, 0.717) is 17.0 Å². The van der Waals surface area contributed by atoms with Gasteiger partial charge in [0.1, 0.15) is 11.4 Å². The van der Waals surface area contributed by atoms with Crippen LogP contribution in [-0.2, 0) is 9.59 Å². The highest BCUT2D eigenvalue weighted by Gasteiger charge is 2.42. The topological polar surface area (TPSA) is 58.6 Å². The summed E-state index contributed by atoms with van der Waals surface area (Å²) < 4.78 is 5.93. The van der Waals surface area contributed by atoms with Crippen molar-refractivity contribution in [2.45, 2.75) is 47.6 Å². The van der Waals surface area contributed by atoms with Crippen molar-refractivity contribution in [1.29, 1.82) is 0 Å². The third kappa shape index (κ3) is 4.46. The van der Waals surface area contributed by atoms with Crippen molar-refractivity contribution >= 4 is 28.8 Å². The van der Waals surface area contributed by atoms with Gasteiger partial charge in [-0.05, 0) is 88.1 Å². The summed E-state index contributed by atoms with van der Waals surface area (Å²) in [6, 6.07) is 19.1. The highest BCUT2D eigenvalue weighted by Crippen LogP contribution is 2.39. The summed E-state index contributed by atoms with van der Waals surface area (Å²) in [5, 5.41) is 3.28. The van der Waals surface area contributed by atoms with E-state index < -0.39 is 5.91 Å². The Bertz CT molecular complexity index is 1300. The third-order valence-electron chi connectivity index (χ3n) is 5.70. The molecule has 174 valence electrons. The van der Waals surface area contributed by atoms with Crippen molar-refractivity contribution in [3.63, 3.8) is 0 Å². The molecular weight excluding hydrogens is 424 g/mol. The first-order valence-electron chi connectivity index (χ1n) is 11.5. The lowest BCUT2D eigenvalue weighted by Gasteiger charge is -2.20.